The molecule has 1 amide bonds. The van der Waals surface area contributed by atoms with Crippen molar-refractivity contribution in [3.63, 3.8) is 0 Å². The Morgan fingerprint density at radius 3 is 2.54 bits per heavy atom. The van der Waals surface area contributed by atoms with Crippen LogP contribution in [0.1, 0.15) is 26.9 Å². The molecule has 4 nitrogen and oxygen atoms in total. The van der Waals surface area contributed by atoms with Gasteiger partial charge in [-0.1, -0.05) is 17.7 Å². The predicted molar refractivity (Wildman–Crippen MR) is 97.0 cm³/mol. The van der Waals surface area contributed by atoms with Crippen molar-refractivity contribution in [2.24, 2.45) is 0 Å². The van der Waals surface area contributed by atoms with Gasteiger partial charge in [-0.25, -0.2) is 0 Å². The highest BCUT2D eigenvalue weighted by Gasteiger charge is 2.33. The second-order valence-corrected chi connectivity index (χ2v) is 6.88. The summed E-state index contributed by atoms with van der Waals surface area (Å²) in [6.45, 7) is 2.75. The highest BCUT2D eigenvalue weighted by Crippen LogP contribution is 2.43. The molecule has 0 N–H and O–H groups in total. The van der Waals surface area contributed by atoms with Crippen LogP contribution in [0.3, 0.4) is 0 Å². The van der Waals surface area contributed by atoms with Gasteiger partial charge in [0.05, 0.1) is 14.2 Å². The highest BCUT2D eigenvalue weighted by molar-refractivity contribution is 7.99. The molecular formula is C19H21NO3S. The Morgan fingerprint density at radius 2 is 1.88 bits per heavy atom. The lowest BCUT2D eigenvalue weighted by Crippen LogP contribution is -2.30. The Morgan fingerprint density at radius 1 is 1.12 bits per heavy atom. The summed E-state index contributed by atoms with van der Waals surface area (Å²) in [5.74, 6) is 2.46. The third-order valence-corrected chi connectivity index (χ3v) is 5.40. The van der Waals surface area contributed by atoms with E-state index in [1.807, 2.05) is 54.3 Å². The zero-order chi connectivity index (χ0) is 17.1. The molecule has 1 aliphatic heterocycles. The second-order valence-electron chi connectivity index (χ2n) is 5.70. The first-order valence-electron chi connectivity index (χ1n) is 7.85. The van der Waals surface area contributed by atoms with Crippen molar-refractivity contribution in [1.29, 1.82) is 0 Å². The van der Waals surface area contributed by atoms with E-state index in [-0.39, 0.29) is 11.3 Å². The molecule has 1 unspecified atom stereocenters. The van der Waals surface area contributed by atoms with Crippen LogP contribution in [0.25, 0.3) is 0 Å². The molecule has 2 aromatic rings. The third-order valence-electron chi connectivity index (χ3n) is 4.16. The van der Waals surface area contributed by atoms with Crippen LogP contribution >= 0.6 is 11.8 Å². The van der Waals surface area contributed by atoms with E-state index in [1.54, 1.807) is 26.0 Å². The van der Waals surface area contributed by atoms with Gasteiger partial charge in [0.1, 0.15) is 16.9 Å². The Labute approximate surface area is 146 Å². The van der Waals surface area contributed by atoms with Crippen molar-refractivity contribution in [3.05, 3.63) is 59.2 Å². The minimum absolute atomic E-state index is 0.0420. The number of methoxy groups -OCH3 is 2. The monoisotopic (exact) mass is 343 g/mol. The first-order chi connectivity index (χ1) is 11.6. The van der Waals surface area contributed by atoms with Crippen LogP contribution in [0, 0.1) is 6.92 Å². The van der Waals surface area contributed by atoms with Crippen LogP contribution in [0.15, 0.2) is 42.5 Å². The Kier molecular flexibility index (Phi) is 5.00. The lowest BCUT2D eigenvalue weighted by atomic mass is 10.1. The highest BCUT2D eigenvalue weighted by atomic mass is 32.2. The summed E-state index contributed by atoms with van der Waals surface area (Å²) in [6.07, 6.45) is 0. The number of carbonyl (C=O) groups excluding carboxylic acids is 1. The summed E-state index contributed by atoms with van der Waals surface area (Å²) < 4.78 is 10.8. The van der Waals surface area contributed by atoms with Crippen molar-refractivity contribution in [1.82, 2.24) is 4.90 Å². The Bertz CT molecular complexity index is 730. The van der Waals surface area contributed by atoms with Crippen LogP contribution in [-0.4, -0.2) is 37.3 Å². The molecule has 0 bridgehead atoms. The summed E-state index contributed by atoms with van der Waals surface area (Å²) in [5.41, 5.74) is 2.87. The molecule has 24 heavy (non-hydrogen) atoms. The second kappa shape index (κ2) is 7.18. The molecule has 1 atom stereocenters. The van der Waals surface area contributed by atoms with Crippen LogP contribution in [0.5, 0.6) is 11.5 Å². The van der Waals surface area contributed by atoms with E-state index in [4.69, 9.17) is 9.47 Å². The fraction of sp³-hybridized carbons (Fsp3) is 0.316. The maximum atomic E-state index is 12.9. The van der Waals surface area contributed by atoms with Gasteiger partial charge in [0.25, 0.3) is 5.91 Å². The van der Waals surface area contributed by atoms with Gasteiger partial charge in [-0.15, -0.1) is 11.8 Å². The largest absolute Gasteiger partial charge is 0.497 e. The SMILES string of the molecule is COc1ccc(C2SCCN2C(=O)c2ccc(C)cc2)c(OC)c1. The molecule has 3 rings (SSSR count). The van der Waals surface area contributed by atoms with Gasteiger partial charge < -0.3 is 14.4 Å². The molecule has 0 aromatic heterocycles. The van der Waals surface area contributed by atoms with Crippen molar-refractivity contribution in [2.75, 3.05) is 26.5 Å². The molecule has 1 aliphatic rings. The van der Waals surface area contributed by atoms with Gasteiger partial charge in [-0.3, -0.25) is 4.79 Å². The van der Waals surface area contributed by atoms with E-state index in [0.717, 1.165) is 40.5 Å². The van der Waals surface area contributed by atoms with E-state index in [0.29, 0.717) is 0 Å². The standard InChI is InChI=1S/C19H21NO3S/c1-13-4-6-14(7-5-13)18(21)20-10-11-24-19(20)16-9-8-15(22-2)12-17(16)23-3/h4-9,12,19H,10-11H2,1-3H3. The molecular weight excluding hydrogens is 322 g/mol. The number of nitrogens with zero attached hydrogens (tertiary/aromatic N) is 1. The van der Waals surface area contributed by atoms with E-state index < -0.39 is 0 Å². The topological polar surface area (TPSA) is 38.8 Å². The van der Waals surface area contributed by atoms with E-state index in [1.165, 1.54) is 0 Å². The molecule has 126 valence electrons. The van der Waals surface area contributed by atoms with Crippen molar-refractivity contribution in [2.45, 2.75) is 12.3 Å². The summed E-state index contributed by atoms with van der Waals surface area (Å²) in [7, 11) is 3.27. The van der Waals surface area contributed by atoms with E-state index >= 15 is 0 Å². The molecule has 1 saturated heterocycles. The number of carbonyl (C=O) groups is 1. The van der Waals surface area contributed by atoms with E-state index in [2.05, 4.69) is 0 Å². The van der Waals surface area contributed by atoms with Gasteiger partial charge in [0, 0.05) is 29.5 Å². The zero-order valence-corrected chi connectivity index (χ0v) is 14.9. The molecule has 0 saturated carbocycles. The van der Waals surface area contributed by atoms with Crippen molar-refractivity contribution >= 4 is 17.7 Å². The van der Waals surface area contributed by atoms with Crippen molar-refractivity contribution < 1.29 is 14.3 Å². The lowest BCUT2D eigenvalue weighted by molar-refractivity contribution is 0.0759. The Balaban J connectivity index is 1.90. The predicted octanol–water partition coefficient (Wildman–Crippen LogP) is 3.90. The van der Waals surface area contributed by atoms with Crippen molar-refractivity contribution in [3.8, 4) is 11.5 Å². The maximum absolute atomic E-state index is 12.9. The average Bonchev–Trinajstić information content (AvgIpc) is 3.10. The maximum Gasteiger partial charge on any atom is 0.255 e. The van der Waals surface area contributed by atoms with Gasteiger partial charge in [0.15, 0.2) is 0 Å². The van der Waals surface area contributed by atoms with Gasteiger partial charge in [-0.05, 0) is 31.2 Å². The molecule has 1 fully saturated rings. The molecule has 2 aromatic carbocycles. The molecule has 0 spiro atoms. The lowest BCUT2D eigenvalue weighted by Gasteiger charge is -2.25. The molecule has 0 radical (unpaired) electrons. The summed E-state index contributed by atoms with van der Waals surface area (Å²) in [5, 5.41) is -0.0420. The van der Waals surface area contributed by atoms with Crippen LogP contribution in [0.4, 0.5) is 0 Å². The van der Waals surface area contributed by atoms with Crippen LogP contribution in [-0.2, 0) is 0 Å². The number of hydrogen-bond acceptors (Lipinski definition) is 4. The number of hydrogen-bond donors (Lipinski definition) is 0. The molecule has 1 heterocycles. The van der Waals surface area contributed by atoms with Gasteiger partial charge in [0.2, 0.25) is 0 Å². The van der Waals surface area contributed by atoms with Crippen LogP contribution < -0.4 is 9.47 Å². The quantitative estimate of drug-likeness (QED) is 0.844. The minimum Gasteiger partial charge on any atom is -0.497 e. The number of ether oxygens (including phenoxy) is 2. The first-order valence-corrected chi connectivity index (χ1v) is 8.90. The third kappa shape index (κ3) is 3.22. The van der Waals surface area contributed by atoms with Gasteiger partial charge in [-0.2, -0.15) is 0 Å². The van der Waals surface area contributed by atoms with Crippen LogP contribution in [0.2, 0.25) is 0 Å². The summed E-state index contributed by atoms with van der Waals surface area (Å²) >= 11 is 1.76. The number of aryl methyl sites for hydroxylation is 1. The average molecular weight is 343 g/mol. The van der Waals surface area contributed by atoms with E-state index in [9.17, 15) is 4.79 Å². The normalized spacial score (nSPS) is 17.0. The number of amides is 1. The minimum atomic E-state index is -0.0420. The number of rotatable bonds is 4. The first kappa shape index (κ1) is 16.7. The zero-order valence-electron chi connectivity index (χ0n) is 14.1. The smallest absolute Gasteiger partial charge is 0.255 e. The molecule has 0 aliphatic carbocycles. The fourth-order valence-corrected chi connectivity index (χ4v) is 4.10. The fourth-order valence-electron chi connectivity index (χ4n) is 2.82. The number of benzene rings is 2. The summed E-state index contributed by atoms with van der Waals surface area (Å²) in [4.78, 5) is 14.8. The number of thioether (sulfide) groups is 1. The Hall–Kier alpha value is -2.14. The van der Waals surface area contributed by atoms with Gasteiger partial charge >= 0.3 is 0 Å². The summed E-state index contributed by atoms with van der Waals surface area (Å²) in [6, 6.07) is 13.5. The molecule has 5 heteroatoms.